The Bertz CT molecular complexity index is 1000. The summed E-state index contributed by atoms with van der Waals surface area (Å²) in [7, 11) is 4.59. The van der Waals surface area contributed by atoms with E-state index in [0.29, 0.717) is 22.8 Å². The van der Waals surface area contributed by atoms with Crippen LogP contribution in [-0.2, 0) is 0 Å². The van der Waals surface area contributed by atoms with Crippen LogP contribution in [-0.4, -0.2) is 38.4 Å². The van der Waals surface area contributed by atoms with Crippen molar-refractivity contribution in [1.82, 2.24) is 10.4 Å². The molecule has 27 heavy (non-hydrogen) atoms. The lowest BCUT2D eigenvalue weighted by molar-refractivity contribution is 0.0950. The summed E-state index contributed by atoms with van der Waals surface area (Å²) in [5.41, 5.74) is 4.13. The van der Waals surface area contributed by atoms with Crippen molar-refractivity contribution >= 4 is 23.0 Å². The SMILES string of the molecule is COc1ccc(C=NNC(=O)c2ccc3ccccc3n2)c(OC)c1OC. The van der Waals surface area contributed by atoms with Gasteiger partial charge in [-0.05, 0) is 24.3 Å². The summed E-state index contributed by atoms with van der Waals surface area (Å²) in [5, 5.41) is 4.96. The predicted molar refractivity (Wildman–Crippen MR) is 103 cm³/mol. The minimum Gasteiger partial charge on any atom is -0.493 e. The first-order valence-electron chi connectivity index (χ1n) is 8.16. The molecule has 0 radical (unpaired) electrons. The van der Waals surface area contributed by atoms with Gasteiger partial charge in [0.15, 0.2) is 11.5 Å². The Morgan fingerprint density at radius 1 is 0.963 bits per heavy atom. The van der Waals surface area contributed by atoms with Crippen LogP contribution in [0.25, 0.3) is 10.9 Å². The number of carbonyl (C=O) groups is 1. The zero-order valence-electron chi connectivity index (χ0n) is 15.2. The van der Waals surface area contributed by atoms with Crippen molar-refractivity contribution in [2.24, 2.45) is 5.10 Å². The van der Waals surface area contributed by atoms with Crippen LogP contribution in [0.2, 0.25) is 0 Å². The monoisotopic (exact) mass is 365 g/mol. The number of carbonyl (C=O) groups excluding carboxylic acids is 1. The molecule has 1 N–H and O–H groups in total. The number of para-hydroxylation sites is 1. The standard InChI is InChI=1S/C20H19N3O4/c1-25-17-11-9-14(18(26-2)19(17)27-3)12-21-23-20(24)16-10-8-13-6-4-5-7-15(13)22-16/h4-12H,1-3H3,(H,23,24). The third kappa shape index (κ3) is 3.82. The summed E-state index contributed by atoms with van der Waals surface area (Å²) >= 11 is 0. The zero-order chi connectivity index (χ0) is 19.2. The van der Waals surface area contributed by atoms with E-state index in [1.54, 1.807) is 25.3 Å². The number of benzene rings is 2. The number of methoxy groups -OCH3 is 3. The van der Waals surface area contributed by atoms with E-state index >= 15 is 0 Å². The van der Waals surface area contributed by atoms with Gasteiger partial charge in [0.05, 0.1) is 33.1 Å². The Morgan fingerprint density at radius 2 is 1.74 bits per heavy atom. The van der Waals surface area contributed by atoms with Gasteiger partial charge in [-0.1, -0.05) is 24.3 Å². The molecule has 3 rings (SSSR count). The van der Waals surface area contributed by atoms with Gasteiger partial charge in [-0.15, -0.1) is 0 Å². The van der Waals surface area contributed by atoms with Crippen LogP contribution in [0.3, 0.4) is 0 Å². The molecule has 1 aromatic heterocycles. The highest BCUT2D eigenvalue weighted by atomic mass is 16.5. The second-order valence-electron chi connectivity index (χ2n) is 5.51. The van der Waals surface area contributed by atoms with Crippen molar-refractivity contribution in [3.8, 4) is 17.2 Å². The molecule has 1 heterocycles. The molecule has 1 amide bonds. The fourth-order valence-corrected chi connectivity index (χ4v) is 2.64. The molecule has 3 aromatic rings. The summed E-state index contributed by atoms with van der Waals surface area (Å²) in [4.78, 5) is 16.6. The molecule has 0 unspecified atom stereocenters. The first kappa shape index (κ1) is 18.2. The number of hydrazone groups is 1. The molecule has 0 aliphatic carbocycles. The molecule has 7 nitrogen and oxygen atoms in total. The quantitative estimate of drug-likeness (QED) is 0.536. The molecule has 0 aliphatic rings. The van der Waals surface area contributed by atoms with Gasteiger partial charge in [-0.2, -0.15) is 5.10 Å². The number of pyridine rings is 1. The van der Waals surface area contributed by atoms with E-state index < -0.39 is 5.91 Å². The van der Waals surface area contributed by atoms with Crippen molar-refractivity contribution in [1.29, 1.82) is 0 Å². The fraction of sp³-hybridized carbons (Fsp3) is 0.150. The number of fused-ring (bicyclic) bond motifs is 1. The average molecular weight is 365 g/mol. The number of nitrogens with zero attached hydrogens (tertiary/aromatic N) is 2. The summed E-state index contributed by atoms with van der Waals surface area (Å²) in [6, 6.07) is 14.6. The zero-order valence-corrected chi connectivity index (χ0v) is 15.2. The van der Waals surface area contributed by atoms with E-state index in [2.05, 4.69) is 15.5 Å². The lowest BCUT2D eigenvalue weighted by Crippen LogP contribution is -2.19. The topological polar surface area (TPSA) is 82.0 Å². The summed E-state index contributed by atoms with van der Waals surface area (Å²) in [6.07, 6.45) is 1.47. The van der Waals surface area contributed by atoms with Crippen molar-refractivity contribution in [2.45, 2.75) is 0 Å². The molecule has 138 valence electrons. The Morgan fingerprint density at radius 3 is 2.48 bits per heavy atom. The lowest BCUT2D eigenvalue weighted by atomic mass is 10.2. The van der Waals surface area contributed by atoms with Crippen LogP contribution in [0.15, 0.2) is 53.6 Å². The molecular formula is C20H19N3O4. The molecule has 0 bridgehead atoms. The first-order valence-corrected chi connectivity index (χ1v) is 8.16. The summed E-state index contributed by atoms with van der Waals surface area (Å²) in [5.74, 6) is 1.04. The van der Waals surface area contributed by atoms with Crippen molar-refractivity contribution < 1.29 is 19.0 Å². The second kappa shape index (κ2) is 8.18. The molecule has 0 aliphatic heterocycles. The van der Waals surface area contributed by atoms with E-state index in [0.717, 1.165) is 10.9 Å². The van der Waals surface area contributed by atoms with E-state index in [-0.39, 0.29) is 5.69 Å². The number of nitrogens with one attached hydrogen (secondary N) is 1. The van der Waals surface area contributed by atoms with Gasteiger partial charge in [-0.3, -0.25) is 4.79 Å². The minimum atomic E-state index is -0.406. The molecule has 0 saturated carbocycles. The van der Waals surface area contributed by atoms with Gasteiger partial charge >= 0.3 is 0 Å². The third-order valence-corrected chi connectivity index (χ3v) is 3.94. The van der Waals surface area contributed by atoms with Crippen LogP contribution in [0, 0.1) is 0 Å². The second-order valence-corrected chi connectivity index (χ2v) is 5.51. The number of amides is 1. The number of ether oxygens (including phenoxy) is 3. The Kier molecular flexibility index (Phi) is 5.51. The van der Waals surface area contributed by atoms with E-state index in [1.165, 1.54) is 20.4 Å². The molecule has 0 saturated heterocycles. The van der Waals surface area contributed by atoms with Gasteiger partial charge in [0.25, 0.3) is 5.91 Å². The van der Waals surface area contributed by atoms with E-state index in [4.69, 9.17) is 14.2 Å². The lowest BCUT2D eigenvalue weighted by Gasteiger charge is -2.13. The Balaban J connectivity index is 1.79. The van der Waals surface area contributed by atoms with Gasteiger partial charge in [-0.25, -0.2) is 10.4 Å². The van der Waals surface area contributed by atoms with Crippen LogP contribution < -0.4 is 19.6 Å². The van der Waals surface area contributed by atoms with Crippen LogP contribution >= 0.6 is 0 Å². The van der Waals surface area contributed by atoms with Gasteiger partial charge < -0.3 is 14.2 Å². The largest absolute Gasteiger partial charge is 0.493 e. The normalized spacial score (nSPS) is 10.8. The summed E-state index contributed by atoms with van der Waals surface area (Å²) < 4.78 is 15.9. The molecule has 7 heteroatoms. The maximum Gasteiger partial charge on any atom is 0.289 e. The highest BCUT2D eigenvalue weighted by Crippen LogP contribution is 2.38. The number of rotatable bonds is 6. The average Bonchev–Trinajstić information content (AvgIpc) is 2.72. The highest BCUT2D eigenvalue weighted by Gasteiger charge is 2.14. The maximum atomic E-state index is 12.3. The van der Waals surface area contributed by atoms with Gasteiger partial charge in [0.1, 0.15) is 5.69 Å². The smallest absolute Gasteiger partial charge is 0.289 e. The van der Waals surface area contributed by atoms with Crippen molar-refractivity contribution in [3.63, 3.8) is 0 Å². The van der Waals surface area contributed by atoms with Crippen molar-refractivity contribution in [2.75, 3.05) is 21.3 Å². The highest BCUT2D eigenvalue weighted by molar-refractivity contribution is 5.95. The van der Waals surface area contributed by atoms with E-state index in [1.807, 2.05) is 30.3 Å². The Hall–Kier alpha value is -3.61. The van der Waals surface area contributed by atoms with E-state index in [9.17, 15) is 4.79 Å². The van der Waals surface area contributed by atoms with Crippen LogP contribution in [0.1, 0.15) is 16.1 Å². The maximum absolute atomic E-state index is 12.3. The fourth-order valence-electron chi connectivity index (χ4n) is 2.64. The molecular weight excluding hydrogens is 346 g/mol. The molecule has 0 spiro atoms. The van der Waals surface area contributed by atoms with Gasteiger partial charge in [0.2, 0.25) is 5.75 Å². The van der Waals surface area contributed by atoms with Gasteiger partial charge in [0, 0.05) is 10.9 Å². The molecule has 2 aromatic carbocycles. The number of hydrogen-bond acceptors (Lipinski definition) is 6. The number of aromatic nitrogens is 1. The number of hydrogen-bond donors (Lipinski definition) is 1. The van der Waals surface area contributed by atoms with Crippen LogP contribution in [0.5, 0.6) is 17.2 Å². The first-order chi connectivity index (χ1) is 13.2. The third-order valence-electron chi connectivity index (χ3n) is 3.94. The molecule has 0 fully saturated rings. The Labute approximate surface area is 156 Å². The minimum absolute atomic E-state index is 0.283. The molecule has 0 atom stereocenters. The van der Waals surface area contributed by atoms with Crippen molar-refractivity contribution in [3.05, 3.63) is 59.8 Å². The summed E-state index contributed by atoms with van der Waals surface area (Å²) in [6.45, 7) is 0. The predicted octanol–water partition coefficient (Wildman–Crippen LogP) is 3.02. The van der Waals surface area contributed by atoms with Crippen LogP contribution in [0.4, 0.5) is 0 Å².